The molecule has 0 amide bonds. The van der Waals surface area contributed by atoms with E-state index in [0.29, 0.717) is 11.5 Å². The zero-order valence-electron chi connectivity index (χ0n) is 12.6. The normalized spacial score (nSPS) is 10.8. The first kappa shape index (κ1) is 16.7. The van der Waals surface area contributed by atoms with Gasteiger partial charge in [0, 0.05) is 6.07 Å². The average Bonchev–Trinajstić information content (AvgIpc) is 2.49. The molecule has 124 valence electrons. The average molecular weight is 332 g/mol. The van der Waals surface area contributed by atoms with Crippen LogP contribution < -0.4 is 11.0 Å². The van der Waals surface area contributed by atoms with Gasteiger partial charge in [-0.05, 0) is 19.9 Å². The van der Waals surface area contributed by atoms with Crippen molar-refractivity contribution in [1.29, 1.82) is 0 Å². The molecule has 0 aliphatic heterocycles. The number of aromatic amines is 1. The van der Waals surface area contributed by atoms with Gasteiger partial charge in [0.25, 0.3) is 11.2 Å². The number of nitro benzene ring substituents is 2. The number of anilines is 1. The van der Waals surface area contributed by atoms with E-state index in [0.717, 1.165) is 18.2 Å². The molecule has 2 rings (SSSR count). The van der Waals surface area contributed by atoms with Crippen molar-refractivity contribution in [2.45, 2.75) is 13.8 Å². The number of aryl methyl sites for hydroxylation is 2. The molecule has 0 radical (unpaired) electrons. The molecule has 0 aliphatic carbocycles. The molecule has 0 fully saturated rings. The van der Waals surface area contributed by atoms with Crippen molar-refractivity contribution in [3.05, 3.63) is 65.9 Å². The van der Waals surface area contributed by atoms with E-state index in [1.165, 1.54) is 6.21 Å². The number of hydrogen-bond acceptors (Lipinski definition) is 8. The van der Waals surface area contributed by atoms with Crippen molar-refractivity contribution >= 4 is 23.3 Å². The molecule has 11 heteroatoms. The van der Waals surface area contributed by atoms with E-state index in [1.54, 1.807) is 13.8 Å². The van der Waals surface area contributed by atoms with Gasteiger partial charge in [0.1, 0.15) is 11.5 Å². The molecular formula is C13H12N6O5. The molecule has 24 heavy (non-hydrogen) atoms. The SMILES string of the molecule is Cc1nc(C)c(C=NNc2ccc([N+](=O)[O-])cc2[N+](=O)[O-])c(=O)[nH]1. The summed E-state index contributed by atoms with van der Waals surface area (Å²) in [5, 5.41) is 25.4. The van der Waals surface area contributed by atoms with Crippen LogP contribution in [0.5, 0.6) is 0 Å². The summed E-state index contributed by atoms with van der Waals surface area (Å²) in [4.78, 5) is 38.6. The maximum absolute atomic E-state index is 11.8. The van der Waals surface area contributed by atoms with Crippen LogP contribution in [-0.2, 0) is 0 Å². The minimum atomic E-state index is -0.768. The Morgan fingerprint density at radius 1 is 1.25 bits per heavy atom. The van der Waals surface area contributed by atoms with Crippen LogP contribution in [0.1, 0.15) is 17.1 Å². The molecule has 0 unspecified atom stereocenters. The van der Waals surface area contributed by atoms with Crippen LogP contribution in [0, 0.1) is 34.1 Å². The highest BCUT2D eigenvalue weighted by molar-refractivity contribution is 5.81. The maximum Gasteiger partial charge on any atom is 0.301 e. The minimum absolute atomic E-state index is 0.0454. The molecule has 0 saturated carbocycles. The van der Waals surface area contributed by atoms with Crippen LogP contribution in [0.25, 0.3) is 0 Å². The zero-order chi connectivity index (χ0) is 17.9. The molecule has 0 saturated heterocycles. The summed E-state index contributed by atoms with van der Waals surface area (Å²) < 4.78 is 0. The Hall–Kier alpha value is -3.63. The van der Waals surface area contributed by atoms with Crippen molar-refractivity contribution in [3.8, 4) is 0 Å². The van der Waals surface area contributed by atoms with E-state index in [1.807, 2.05) is 0 Å². The quantitative estimate of drug-likeness (QED) is 0.478. The Balaban J connectivity index is 2.31. The van der Waals surface area contributed by atoms with E-state index in [-0.39, 0.29) is 11.3 Å². The molecule has 1 aromatic carbocycles. The number of aromatic nitrogens is 2. The molecule has 0 spiro atoms. The van der Waals surface area contributed by atoms with Gasteiger partial charge < -0.3 is 4.98 Å². The summed E-state index contributed by atoms with van der Waals surface area (Å²) in [6.07, 6.45) is 1.17. The van der Waals surface area contributed by atoms with Crippen LogP contribution in [-0.4, -0.2) is 26.0 Å². The number of H-pyrrole nitrogens is 1. The van der Waals surface area contributed by atoms with Gasteiger partial charge in [-0.3, -0.25) is 30.4 Å². The number of hydrogen-bond donors (Lipinski definition) is 2. The number of non-ortho nitro benzene ring substituents is 1. The van der Waals surface area contributed by atoms with E-state index >= 15 is 0 Å². The van der Waals surface area contributed by atoms with Gasteiger partial charge in [-0.15, -0.1) is 0 Å². The van der Waals surface area contributed by atoms with Gasteiger partial charge in [-0.25, -0.2) is 4.98 Å². The van der Waals surface area contributed by atoms with Crippen molar-refractivity contribution in [3.63, 3.8) is 0 Å². The third-order valence-corrected chi connectivity index (χ3v) is 3.03. The summed E-state index contributed by atoms with van der Waals surface area (Å²) in [6.45, 7) is 3.26. The van der Waals surface area contributed by atoms with E-state index in [4.69, 9.17) is 0 Å². The lowest BCUT2D eigenvalue weighted by Gasteiger charge is -2.03. The third-order valence-electron chi connectivity index (χ3n) is 3.03. The first-order valence-electron chi connectivity index (χ1n) is 6.59. The summed E-state index contributed by atoms with van der Waals surface area (Å²) in [5.41, 5.74) is 1.68. The highest BCUT2D eigenvalue weighted by atomic mass is 16.6. The van der Waals surface area contributed by atoms with Gasteiger partial charge in [0.15, 0.2) is 0 Å². The monoisotopic (exact) mass is 332 g/mol. The molecule has 2 aromatic rings. The molecule has 1 aromatic heterocycles. The van der Waals surface area contributed by atoms with E-state index < -0.39 is 26.8 Å². The summed E-state index contributed by atoms with van der Waals surface area (Å²) in [7, 11) is 0. The summed E-state index contributed by atoms with van der Waals surface area (Å²) >= 11 is 0. The standard InChI is InChI=1S/C13H12N6O5/c1-7-10(13(20)16-8(2)15-7)6-14-17-11-4-3-9(18(21)22)5-12(11)19(23)24/h3-6,17H,1-2H3,(H,15,16,20). The second-order valence-corrected chi connectivity index (χ2v) is 4.74. The largest absolute Gasteiger partial charge is 0.310 e. The number of benzene rings is 1. The first-order valence-corrected chi connectivity index (χ1v) is 6.59. The van der Waals surface area contributed by atoms with Crippen molar-refractivity contribution < 1.29 is 9.85 Å². The fourth-order valence-corrected chi connectivity index (χ4v) is 1.93. The predicted molar refractivity (Wildman–Crippen MR) is 85.3 cm³/mol. The zero-order valence-corrected chi connectivity index (χ0v) is 12.6. The van der Waals surface area contributed by atoms with Crippen molar-refractivity contribution in [2.24, 2.45) is 5.10 Å². The number of rotatable bonds is 5. The molecule has 2 N–H and O–H groups in total. The number of nitro groups is 2. The molecule has 0 bridgehead atoms. The lowest BCUT2D eigenvalue weighted by Crippen LogP contribution is -2.17. The fourth-order valence-electron chi connectivity index (χ4n) is 1.93. The van der Waals surface area contributed by atoms with E-state index in [2.05, 4.69) is 20.5 Å². The molecule has 1 heterocycles. The fraction of sp³-hybridized carbons (Fsp3) is 0.154. The minimum Gasteiger partial charge on any atom is -0.310 e. The van der Waals surface area contributed by atoms with E-state index in [9.17, 15) is 25.0 Å². The number of nitrogens with one attached hydrogen (secondary N) is 2. The number of nitrogens with zero attached hydrogens (tertiary/aromatic N) is 4. The topological polar surface area (TPSA) is 156 Å². The Morgan fingerprint density at radius 2 is 1.96 bits per heavy atom. The number of hydrazone groups is 1. The highest BCUT2D eigenvalue weighted by Crippen LogP contribution is 2.28. The van der Waals surface area contributed by atoms with Crippen molar-refractivity contribution in [1.82, 2.24) is 9.97 Å². The second-order valence-electron chi connectivity index (χ2n) is 4.74. The Labute approximate surface area is 134 Å². The van der Waals surface area contributed by atoms with Gasteiger partial charge in [0.05, 0.1) is 33.4 Å². The molecule has 0 atom stereocenters. The smallest absolute Gasteiger partial charge is 0.301 e. The second kappa shape index (κ2) is 6.64. The lowest BCUT2D eigenvalue weighted by atomic mass is 10.2. The Bertz CT molecular complexity index is 904. The lowest BCUT2D eigenvalue weighted by molar-refractivity contribution is -0.393. The van der Waals surface area contributed by atoms with Crippen LogP contribution >= 0.6 is 0 Å². The van der Waals surface area contributed by atoms with Crippen LogP contribution in [0.2, 0.25) is 0 Å². The molecule has 11 nitrogen and oxygen atoms in total. The van der Waals surface area contributed by atoms with Crippen LogP contribution in [0.4, 0.5) is 17.1 Å². The summed E-state index contributed by atoms with van der Waals surface area (Å²) in [6, 6.07) is 3.10. The maximum atomic E-state index is 11.8. The predicted octanol–water partition coefficient (Wildman–Crippen LogP) is 1.65. The van der Waals surface area contributed by atoms with Gasteiger partial charge in [-0.2, -0.15) is 5.10 Å². The van der Waals surface area contributed by atoms with Crippen LogP contribution in [0.15, 0.2) is 28.1 Å². The van der Waals surface area contributed by atoms with Gasteiger partial charge in [0.2, 0.25) is 0 Å². The van der Waals surface area contributed by atoms with Gasteiger partial charge in [-0.1, -0.05) is 0 Å². The first-order chi connectivity index (χ1) is 11.3. The molecule has 0 aliphatic rings. The van der Waals surface area contributed by atoms with Gasteiger partial charge >= 0.3 is 5.69 Å². The third kappa shape index (κ3) is 3.58. The highest BCUT2D eigenvalue weighted by Gasteiger charge is 2.19. The Morgan fingerprint density at radius 3 is 2.54 bits per heavy atom. The summed E-state index contributed by atoms with van der Waals surface area (Å²) in [5.74, 6) is 0.452. The van der Waals surface area contributed by atoms with Crippen LogP contribution in [0.3, 0.4) is 0 Å². The Kier molecular flexibility index (Phi) is 4.63. The molecular weight excluding hydrogens is 320 g/mol. The van der Waals surface area contributed by atoms with Crippen molar-refractivity contribution in [2.75, 3.05) is 5.43 Å².